The Morgan fingerprint density at radius 2 is 1.75 bits per heavy atom. The number of nitro groups is 1. The molecular weight excluding hydrogens is 362 g/mol. The number of amides is 2. The van der Waals surface area contributed by atoms with Crippen LogP contribution in [0.15, 0.2) is 42.5 Å². The molecule has 0 aromatic heterocycles. The largest absolute Gasteiger partial charge is 0.497 e. The number of nitrogens with zero attached hydrogens (tertiary/aromatic N) is 1. The highest BCUT2D eigenvalue weighted by Gasteiger charge is 2.25. The number of rotatable bonds is 7. The van der Waals surface area contributed by atoms with Crippen LogP contribution in [0.2, 0.25) is 0 Å². The first-order valence-corrected chi connectivity index (χ1v) is 8.73. The Morgan fingerprint density at radius 1 is 1.11 bits per heavy atom. The van der Waals surface area contributed by atoms with E-state index in [0.29, 0.717) is 22.6 Å². The fraction of sp³-hybridized carbons (Fsp3) is 0.300. The summed E-state index contributed by atoms with van der Waals surface area (Å²) in [6.45, 7) is 5.22. The minimum Gasteiger partial charge on any atom is -0.497 e. The van der Waals surface area contributed by atoms with Crippen molar-refractivity contribution in [3.05, 3.63) is 63.7 Å². The van der Waals surface area contributed by atoms with Crippen molar-refractivity contribution in [2.45, 2.75) is 26.8 Å². The molecule has 2 N–H and O–H groups in total. The Labute approximate surface area is 163 Å². The van der Waals surface area contributed by atoms with E-state index in [2.05, 4.69) is 10.6 Å². The van der Waals surface area contributed by atoms with Crippen molar-refractivity contribution < 1.29 is 19.2 Å². The summed E-state index contributed by atoms with van der Waals surface area (Å²) in [7, 11) is 1.53. The first-order chi connectivity index (χ1) is 13.2. The van der Waals surface area contributed by atoms with Crippen LogP contribution in [-0.4, -0.2) is 29.9 Å². The number of nitrogens with one attached hydrogen (secondary N) is 2. The van der Waals surface area contributed by atoms with E-state index in [0.717, 1.165) is 0 Å². The van der Waals surface area contributed by atoms with Crippen molar-refractivity contribution in [1.82, 2.24) is 5.32 Å². The molecule has 0 saturated carbocycles. The molecule has 0 aliphatic rings. The molecule has 1 unspecified atom stereocenters. The smallest absolute Gasteiger partial charge is 0.274 e. The van der Waals surface area contributed by atoms with Crippen molar-refractivity contribution in [1.29, 1.82) is 0 Å². The zero-order valence-electron chi connectivity index (χ0n) is 16.2. The maximum absolute atomic E-state index is 12.7. The molecule has 148 valence electrons. The van der Waals surface area contributed by atoms with Crippen LogP contribution in [0, 0.1) is 23.0 Å². The predicted octanol–water partition coefficient (Wildman–Crippen LogP) is 3.30. The van der Waals surface area contributed by atoms with Crippen molar-refractivity contribution in [2.24, 2.45) is 5.92 Å². The van der Waals surface area contributed by atoms with Crippen molar-refractivity contribution in [3.8, 4) is 5.75 Å². The third kappa shape index (κ3) is 5.06. The molecule has 2 aromatic carbocycles. The van der Waals surface area contributed by atoms with Crippen LogP contribution in [0.3, 0.4) is 0 Å². The van der Waals surface area contributed by atoms with E-state index in [1.54, 1.807) is 57.2 Å². The van der Waals surface area contributed by atoms with Crippen molar-refractivity contribution in [2.75, 3.05) is 12.4 Å². The summed E-state index contributed by atoms with van der Waals surface area (Å²) in [6, 6.07) is 10.2. The molecule has 0 saturated heterocycles. The standard InChI is InChI=1S/C20H23N3O5/c1-12(2)18(22-19(24)14-6-9-16(28-4)10-7-14)20(25)21-15-8-5-13(3)17(11-15)23(26)27/h5-12,18H,1-4H3,(H,21,25)(H,22,24). The second-order valence-corrected chi connectivity index (χ2v) is 6.67. The minimum atomic E-state index is -0.810. The number of nitro benzene ring substituents is 1. The number of hydrogen-bond acceptors (Lipinski definition) is 5. The van der Waals surface area contributed by atoms with Crippen molar-refractivity contribution >= 4 is 23.2 Å². The van der Waals surface area contributed by atoms with Crippen LogP contribution in [0.1, 0.15) is 29.8 Å². The van der Waals surface area contributed by atoms with Gasteiger partial charge in [-0.2, -0.15) is 0 Å². The first-order valence-electron chi connectivity index (χ1n) is 8.73. The Morgan fingerprint density at radius 3 is 2.29 bits per heavy atom. The molecular formula is C20H23N3O5. The van der Waals surface area contributed by atoms with Crippen LogP contribution in [-0.2, 0) is 4.79 Å². The number of aryl methyl sites for hydroxylation is 1. The molecule has 0 bridgehead atoms. The summed E-state index contributed by atoms with van der Waals surface area (Å²) in [5.41, 5.74) is 1.11. The summed E-state index contributed by atoms with van der Waals surface area (Å²) in [4.78, 5) is 35.7. The Balaban J connectivity index is 2.14. The molecule has 1 atom stereocenters. The first kappa shape index (κ1) is 20.9. The number of methoxy groups -OCH3 is 1. The highest BCUT2D eigenvalue weighted by atomic mass is 16.6. The van der Waals surface area contributed by atoms with E-state index in [1.165, 1.54) is 13.2 Å². The highest BCUT2D eigenvalue weighted by Crippen LogP contribution is 2.22. The molecule has 0 aliphatic carbocycles. The molecule has 0 aliphatic heterocycles. The Bertz CT molecular complexity index is 878. The molecule has 2 rings (SSSR count). The van der Waals surface area contributed by atoms with E-state index in [9.17, 15) is 19.7 Å². The normalized spacial score (nSPS) is 11.6. The summed E-state index contributed by atoms with van der Waals surface area (Å²) in [5.74, 6) is -0.417. The summed E-state index contributed by atoms with van der Waals surface area (Å²) >= 11 is 0. The fourth-order valence-electron chi connectivity index (χ4n) is 2.61. The van der Waals surface area contributed by atoms with E-state index in [-0.39, 0.29) is 11.6 Å². The second-order valence-electron chi connectivity index (χ2n) is 6.67. The van der Waals surface area contributed by atoms with Gasteiger partial charge in [0.1, 0.15) is 11.8 Å². The Hall–Kier alpha value is -3.42. The summed E-state index contributed by atoms with van der Waals surface area (Å²) < 4.78 is 5.06. The number of ether oxygens (including phenoxy) is 1. The molecule has 2 aromatic rings. The van der Waals surface area contributed by atoms with Crippen LogP contribution >= 0.6 is 0 Å². The lowest BCUT2D eigenvalue weighted by atomic mass is 10.0. The van der Waals surface area contributed by atoms with Crippen LogP contribution in [0.5, 0.6) is 5.75 Å². The molecule has 8 heteroatoms. The lowest BCUT2D eigenvalue weighted by molar-refractivity contribution is -0.385. The third-order valence-corrected chi connectivity index (χ3v) is 4.26. The zero-order chi connectivity index (χ0) is 20.8. The van der Waals surface area contributed by atoms with E-state index >= 15 is 0 Å². The van der Waals surface area contributed by atoms with Gasteiger partial charge in [-0.15, -0.1) is 0 Å². The lowest BCUT2D eigenvalue weighted by Gasteiger charge is -2.22. The monoisotopic (exact) mass is 385 g/mol. The highest BCUT2D eigenvalue weighted by molar-refractivity contribution is 6.01. The number of hydrogen-bond donors (Lipinski definition) is 2. The van der Waals surface area contributed by atoms with Gasteiger partial charge < -0.3 is 15.4 Å². The number of carbonyl (C=O) groups excluding carboxylic acids is 2. The fourth-order valence-corrected chi connectivity index (χ4v) is 2.61. The maximum atomic E-state index is 12.7. The number of carbonyl (C=O) groups is 2. The topological polar surface area (TPSA) is 111 Å². The van der Waals surface area contributed by atoms with Gasteiger partial charge in [0.05, 0.1) is 12.0 Å². The second kappa shape index (κ2) is 8.98. The van der Waals surface area contributed by atoms with E-state index < -0.39 is 22.8 Å². The zero-order valence-corrected chi connectivity index (χ0v) is 16.2. The maximum Gasteiger partial charge on any atom is 0.274 e. The minimum absolute atomic E-state index is 0.0823. The SMILES string of the molecule is COc1ccc(C(=O)NC(C(=O)Nc2ccc(C)c([N+](=O)[O-])c2)C(C)C)cc1. The average molecular weight is 385 g/mol. The van der Waals surface area contributed by atoms with Crippen molar-refractivity contribution in [3.63, 3.8) is 0 Å². The van der Waals surface area contributed by atoms with Gasteiger partial charge in [0, 0.05) is 22.9 Å². The van der Waals surface area contributed by atoms with Crippen LogP contribution in [0.4, 0.5) is 11.4 Å². The van der Waals surface area contributed by atoms with Gasteiger partial charge in [0.2, 0.25) is 5.91 Å². The molecule has 2 amide bonds. The van der Waals surface area contributed by atoms with Gasteiger partial charge in [0.15, 0.2) is 0 Å². The van der Waals surface area contributed by atoms with E-state index in [4.69, 9.17) is 4.74 Å². The molecule has 0 spiro atoms. The average Bonchev–Trinajstić information content (AvgIpc) is 2.66. The van der Waals surface area contributed by atoms with Gasteiger partial charge in [0.25, 0.3) is 11.6 Å². The number of benzene rings is 2. The lowest BCUT2D eigenvalue weighted by Crippen LogP contribution is -2.47. The predicted molar refractivity (Wildman–Crippen MR) is 106 cm³/mol. The summed E-state index contributed by atoms with van der Waals surface area (Å²) in [6.07, 6.45) is 0. The van der Waals surface area contributed by atoms with E-state index in [1.807, 2.05) is 0 Å². The molecule has 28 heavy (non-hydrogen) atoms. The molecule has 0 heterocycles. The molecule has 0 radical (unpaired) electrons. The molecule has 0 fully saturated rings. The summed E-state index contributed by atoms with van der Waals surface area (Å²) in [5, 5.41) is 16.4. The quantitative estimate of drug-likeness (QED) is 0.561. The van der Waals surface area contributed by atoms with Gasteiger partial charge >= 0.3 is 0 Å². The van der Waals surface area contributed by atoms with Gasteiger partial charge in [-0.05, 0) is 43.2 Å². The Kier molecular flexibility index (Phi) is 6.70. The van der Waals surface area contributed by atoms with Crippen LogP contribution in [0.25, 0.3) is 0 Å². The number of anilines is 1. The van der Waals surface area contributed by atoms with Gasteiger partial charge in [-0.1, -0.05) is 19.9 Å². The van der Waals surface area contributed by atoms with Gasteiger partial charge in [-0.3, -0.25) is 19.7 Å². The third-order valence-electron chi connectivity index (χ3n) is 4.26. The molecule has 8 nitrogen and oxygen atoms in total. The van der Waals surface area contributed by atoms with Gasteiger partial charge in [-0.25, -0.2) is 0 Å². The van der Waals surface area contributed by atoms with Crippen LogP contribution < -0.4 is 15.4 Å².